The molecule has 1 aromatic carbocycles. The molecule has 1 heterocycles. The predicted octanol–water partition coefficient (Wildman–Crippen LogP) is 5.72. The maximum atomic E-state index is 12.7. The van der Waals surface area contributed by atoms with Gasteiger partial charge in [-0.3, -0.25) is 0 Å². The van der Waals surface area contributed by atoms with Gasteiger partial charge in [-0.1, -0.05) is 35.3 Å². The van der Waals surface area contributed by atoms with Crippen molar-refractivity contribution in [3.8, 4) is 0 Å². The van der Waals surface area contributed by atoms with Gasteiger partial charge in [0.05, 0.1) is 14.0 Å². The number of rotatable bonds is 3. The zero-order chi connectivity index (χ0) is 12.4. The van der Waals surface area contributed by atoms with Gasteiger partial charge in [0.25, 0.3) is 0 Å². The molecule has 1 aromatic heterocycles. The molecule has 0 nitrogen and oxygen atoms in total. The first-order valence-corrected chi connectivity index (χ1v) is 6.90. The summed E-state index contributed by atoms with van der Waals surface area (Å²) in [5.74, 6) is -0.253. The molecule has 0 bridgehead atoms. The van der Waals surface area contributed by atoms with Crippen molar-refractivity contribution in [2.75, 3.05) is 0 Å². The van der Waals surface area contributed by atoms with Gasteiger partial charge in [0.1, 0.15) is 5.82 Å². The summed E-state index contributed by atoms with van der Waals surface area (Å²) in [7, 11) is 0. The quantitative estimate of drug-likeness (QED) is 0.636. The van der Waals surface area contributed by atoms with Crippen molar-refractivity contribution in [1.29, 1.82) is 0 Å². The standard InChI is InChI=1S/C12H8Cl3FS/c13-10(9-6-11(14)17-12(9)15)5-7-1-3-8(16)4-2-7/h1-4,6,10H,5H2. The second-order valence-corrected chi connectivity index (χ2v) is 6.39. The van der Waals surface area contributed by atoms with Crippen LogP contribution in [0.1, 0.15) is 16.5 Å². The molecule has 0 amide bonds. The third-order valence-electron chi connectivity index (χ3n) is 2.35. The molecule has 0 radical (unpaired) electrons. The molecule has 0 fully saturated rings. The Kier molecular flexibility index (Phi) is 4.31. The van der Waals surface area contributed by atoms with E-state index in [1.807, 2.05) is 0 Å². The Morgan fingerprint density at radius 2 is 1.82 bits per heavy atom. The van der Waals surface area contributed by atoms with Crippen molar-refractivity contribution in [2.45, 2.75) is 11.8 Å². The molecule has 0 aliphatic carbocycles. The molecule has 0 aliphatic heterocycles. The number of benzene rings is 1. The molecule has 5 heteroatoms. The first-order chi connectivity index (χ1) is 8.06. The van der Waals surface area contributed by atoms with Gasteiger partial charge < -0.3 is 0 Å². The van der Waals surface area contributed by atoms with E-state index in [1.165, 1.54) is 23.5 Å². The Bertz CT molecular complexity index is 507. The van der Waals surface area contributed by atoms with Crippen molar-refractivity contribution < 1.29 is 4.39 Å². The van der Waals surface area contributed by atoms with Gasteiger partial charge in [0.2, 0.25) is 0 Å². The molecular formula is C12H8Cl3FS. The summed E-state index contributed by atoms with van der Waals surface area (Å²) in [5, 5.41) is -0.253. The molecule has 1 atom stereocenters. The van der Waals surface area contributed by atoms with Gasteiger partial charge in [0.15, 0.2) is 0 Å². The van der Waals surface area contributed by atoms with Crippen LogP contribution in [0.15, 0.2) is 30.3 Å². The van der Waals surface area contributed by atoms with Crippen LogP contribution in [0.4, 0.5) is 4.39 Å². The minimum Gasteiger partial charge on any atom is -0.207 e. The van der Waals surface area contributed by atoms with Crippen molar-refractivity contribution in [1.82, 2.24) is 0 Å². The number of halogens is 4. The Morgan fingerprint density at radius 1 is 1.18 bits per heavy atom. The highest BCUT2D eigenvalue weighted by molar-refractivity contribution is 7.20. The van der Waals surface area contributed by atoms with Gasteiger partial charge in [-0.05, 0) is 30.2 Å². The highest BCUT2D eigenvalue weighted by atomic mass is 35.5. The van der Waals surface area contributed by atoms with Crippen LogP contribution < -0.4 is 0 Å². The lowest BCUT2D eigenvalue weighted by atomic mass is 10.1. The van der Waals surface area contributed by atoms with Crippen LogP contribution in [0, 0.1) is 5.82 Å². The fourth-order valence-electron chi connectivity index (χ4n) is 1.50. The average Bonchev–Trinajstić information content (AvgIpc) is 2.61. The second-order valence-electron chi connectivity index (χ2n) is 3.58. The first-order valence-electron chi connectivity index (χ1n) is 4.89. The number of hydrogen-bond donors (Lipinski definition) is 0. The molecule has 2 rings (SSSR count). The molecule has 90 valence electrons. The maximum absolute atomic E-state index is 12.7. The molecule has 0 N–H and O–H groups in total. The molecule has 1 unspecified atom stereocenters. The number of thiophene rings is 1. The zero-order valence-corrected chi connectivity index (χ0v) is 11.7. The third-order valence-corrected chi connectivity index (χ3v) is 4.26. The Morgan fingerprint density at radius 3 is 2.35 bits per heavy atom. The number of alkyl halides is 1. The minimum absolute atomic E-state index is 0.253. The molecule has 2 aromatic rings. The maximum Gasteiger partial charge on any atom is 0.123 e. The second kappa shape index (κ2) is 5.57. The third kappa shape index (κ3) is 3.35. The van der Waals surface area contributed by atoms with Gasteiger partial charge in [-0.2, -0.15) is 0 Å². The molecule has 17 heavy (non-hydrogen) atoms. The highest BCUT2D eigenvalue weighted by Gasteiger charge is 2.15. The highest BCUT2D eigenvalue weighted by Crippen LogP contribution is 2.38. The first kappa shape index (κ1) is 13.2. The molecule has 0 aliphatic rings. The Labute approximate surface area is 118 Å². The summed E-state index contributed by atoms with van der Waals surface area (Å²) in [5.41, 5.74) is 1.79. The van der Waals surface area contributed by atoms with Crippen molar-refractivity contribution in [2.24, 2.45) is 0 Å². The van der Waals surface area contributed by atoms with Crippen LogP contribution in [-0.2, 0) is 6.42 Å². The van der Waals surface area contributed by atoms with Crippen LogP contribution >= 0.6 is 46.1 Å². The fourth-order valence-corrected chi connectivity index (χ4v) is 3.55. The lowest BCUT2D eigenvalue weighted by Crippen LogP contribution is -1.95. The predicted molar refractivity (Wildman–Crippen MR) is 73.0 cm³/mol. The monoisotopic (exact) mass is 308 g/mol. The van der Waals surface area contributed by atoms with Gasteiger partial charge in [-0.15, -0.1) is 22.9 Å². The summed E-state index contributed by atoms with van der Waals surface area (Å²) in [6, 6.07) is 8.04. The van der Waals surface area contributed by atoms with E-state index in [0.717, 1.165) is 11.1 Å². The largest absolute Gasteiger partial charge is 0.207 e. The summed E-state index contributed by atoms with van der Waals surface area (Å²) >= 11 is 19.4. The van der Waals surface area contributed by atoms with E-state index in [0.29, 0.717) is 15.1 Å². The SMILES string of the molecule is Fc1ccc(CC(Cl)c2cc(Cl)sc2Cl)cc1. The normalized spacial score (nSPS) is 12.7. The summed E-state index contributed by atoms with van der Waals surface area (Å²) in [4.78, 5) is 0. The van der Waals surface area contributed by atoms with Crippen LogP contribution in [0.5, 0.6) is 0 Å². The van der Waals surface area contributed by atoms with Crippen molar-refractivity contribution in [3.05, 3.63) is 55.9 Å². The van der Waals surface area contributed by atoms with Gasteiger partial charge >= 0.3 is 0 Å². The van der Waals surface area contributed by atoms with E-state index >= 15 is 0 Å². The summed E-state index contributed by atoms with van der Waals surface area (Å²) in [6.07, 6.45) is 0.592. The smallest absolute Gasteiger partial charge is 0.123 e. The number of hydrogen-bond acceptors (Lipinski definition) is 1. The fraction of sp³-hybridized carbons (Fsp3) is 0.167. The summed E-state index contributed by atoms with van der Waals surface area (Å²) < 4.78 is 14.0. The molecule has 0 spiro atoms. The van der Waals surface area contributed by atoms with Crippen LogP contribution in [0.25, 0.3) is 0 Å². The zero-order valence-electron chi connectivity index (χ0n) is 8.59. The molecular weight excluding hydrogens is 302 g/mol. The van der Waals surface area contributed by atoms with E-state index < -0.39 is 0 Å². The van der Waals surface area contributed by atoms with E-state index in [1.54, 1.807) is 18.2 Å². The lowest BCUT2D eigenvalue weighted by molar-refractivity contribution is 0.627. The van der Waals surface area contributed by atoms with Crippen molar-refractivity contribution >= 4 is 46.1 Å². The van der Waals surface area contributed by atoms with Gasteiger partial charge in [-0.25, -0.2) is 4.39 Å². The van der Waals surface area contributed by atoms with E-state index in [-0.39, 0.29) is 11.2 Å². The Hall–Kier alpha value is -0.280. The van der Waals surface area contributed by atoms with Crippen LogP contribution in [-0.4, -0.2) is 0 Å². The van der Waals surface area contributed by atoms with E-state index in [2.05, 4.69) is 0 Å². The molecule has 0 saturated carbocycles. The average molecular weight is 310 g/mol. The van der Waals surface area contributed by atoms with Crippen LogP contribution in [0.2, 0.25) is 8.67 Å². The van der Waals surface area contributed by atoms with Crippen molar-refractivity contribution in [3.63, 3.8) is 0 Å². The molecule has 0 saturated heterocycles. The summed E-state index contributed by atoms with van der Waals surface area (Å²) in [6.45, 7) is 0. The minimum atomic E-state index is -0.253. The Balaban J connectivity index is 2.14. The van der Waals surface area contributed by atoms with E-state index in [9.17, 15) is 4.39 Å². The van der Waals surface area contributed by atoms with Gasteiger partial charge in [0, 0.05) is 5.56 Å². The topological polar surface area (TPSA) is 0 Å². The van der Waals surface area contributed by atoms with Crippen LogP contribution in [0.3, 0.4) is 0 Å². The lowest BCUT2D eigenvalue weighted by Gasteiger charge is -2.08. The van der Waals surface area contributed by atoms with E-state index in [4.69, 9.17) is 34.8 Å².